The summed E-state index contributed by atoms with van der Waals surface area (Å²) >= 11 is 6.09. The molecule has 2 aromatic rings. The summed E-state index contributed by atoms with van der Waals surface area (Å²) in [5, 5.41) is 1.32. The van der Waals surface area contributed by atoms with Crippen molar-refractivity contribution in [3.05, 3.63) is 34.5 Å². The second kappa shape index (κ2) is 5.05. The van der Waals surface area contributed by atoms with E-state index in [1.807, 2.05) is 38.1 Å². The normalized spacial score (nSPS) is 10.6. The molecule has 0 fully saturated rings. The zero-order chi connectivity index (χ0) is 14.2. The SMILES string of the molecule is COC(=O)c1cc(Cl)cc2c(N(C)C)cc(C)nc12. The number of benzene rings is 1. The van der Waals surface area contributed by atoms with E-state index in [0.717, 1.165) is 16.8 Å². The molecule has 1 aromatic carbocycles. The number of fused-ring (bicyclic) bond motifs is 1. The van der Waals surface area contributed by atoms with Gasteiger partial charge in [0.2, 0.25) is 0 Å². The van der Waals surface area contributed by atoms with Crippen molar-refractivity contribution in [1.29, 1.82) is 0 Å². The van der Waals surface area contributed by atoms with Crippen LogP contribution in [0.2, 0.25) is 5.02 Å². The Bertz CT molecular complexity index is 653. The molecule has 0 aliphatic rings. The number of carbonyl (C=O) groups excluding carboxylic acids is 1. The van der Waals surface area contributed by atoms with Crippen LogP contribution in [0.15, 0.2) is 18.2 Å². The van der Waals surface area contributed by atoms with Crippen molar-refractivity contribution in [2.24, 2.45) is 0 Å². The minimum atomic E-state index is -0.435. The van der Waals surface area contributed by atoms with Crippen molar-refractivity contribution in [3.8, 4) is 0 Å². The average Bonchev–Trinajstić information content (AvgIpc) is 2.36. The zero-order valence-corrected chi connectivity index (χ0v) is 12.1. The summed E-state index contributed by atoms with van der Waals surface area (Å²) in [5.74, 6) is -0.435. The van der Waals surface area contributed by atoms with E-state index < -0.39 is 5.97 Å². The molecule has 1 heterocycles. The summed E-state index contributed by atoms with van der Waals surface area (Å²) in [5.41, 5.74) is 2.80. The van der Waals surface area contributed by atoms with Crippen molar-refractivity contribution < 1.29 is 9.53 Å². The number of esters is 1. The Morgan fingerprint density at radius 2 is 2.00 bits per heavy atom. The van der Waals surface area contributed by atoms with E-state index >= 15 is 0 Å². The van der Waals surface area contributed by atoms with Crippen LogP contribution in [0.3, 0.4) is 0 Å². The smallest absolute Gasteiger partial charge is 0.340 e. The lowest BCUT2D eigenvalue weighted by Gasteiger charge is -2.17. The van der Waals surface area contributed by atoms with Crippen LogP contribution in [0.5, 0.6) is 0 Å². The largest absolute Gasteiger partial charge is 0.465 e. The van der Waals surface area contributed by atoms with Gasteiger partial charge in [-0.2, -0.15) is 0 Å². The number of hydrogen-bond donors (Lipinski definition) is 0. The Balaban J connectivity index is 2.88. The quantitative estimate of drug-likeness (QED) is 0.792. The van der Waals surface area contributed by atoms with E-state index in [4.69, 9.17) is 16.3 Å². The van der Waals surface area contributed by atoms with Crippen LogP contribution in [0.25, 0.3) is 10.9 Å². The van der Waals surface area contributed by atoms with Gasteiger partial charge in [0, 0.05) is 35.9 Å². The zero-order valence-electron chi connectivity index (χ0n) is 11.3. The number of hydrogen-bond acceptors (Lipinski definition) is 4. The van der Waals surface area contributed by atoms with E-state index in [0.29, 0.717) is 16.1 Å². The molecule has 0 saturated heterocycles. The number of aromatic nitrogens is 1. The molecular formula is C14H15ClN2O2. The highest BCUT2D eigenvalue weighted by Gasteiger charge is 2.16. The maximum absolute atomic E-state index is 11.8. The monoisotopic (exact) mass is 278 g/mol. The van der Waals surface area contributed by atoms with Crippen molar-refractivity contribution in [1.82, 2.24) is 4.98 Å². The van der Waals surface area contributed by atoms with Crippen LogP contribution >= 0.6 is 11.6 Å². The second-order valence-corrected chi connectivity index (χ2v) is 4.95. The summed E-state index contributed by atoms with van der Waals surface area (Å²) in [6.07, 6.45) is 0. The molecule has 1 aromatic heterocycles. The highest BCUT2D eigenvalue weighted by molar-refractivity contribution is 6.32. The highest BCUT2D eigenvalue weighted by atomic mass is 35.5. The minimum Gasteiger partial charge on any atom is -0.465 e. The van der Waals surface area contributed by atoms with Crippen LogP contribution < -0.4 is 4.90 Å². The van der Waals surface area contributed by atoms with Gasteiger partial charge >= 0.3 is 5.97 Å². The number of rotatable bonds is 2. The molecule has 2 rings (SSSR count). The molecule has 4 nitrogen and oxygen atoms in total. The maximum Gasteiger partial charge on any atom is 0.340 e. The molecule has 100 valence electrons. The number of carbonyl (C=O) groups is 1. The van der Waals surface area contributed by atoms with Gasteiger partial charge in [-0.3, -0.25) is 4.98 Å². The van der Waals surface area contributed by atoms with E-state index in [1.165, 1.54) is 7.11 Å². The molecule has 0 saturated carbocycles. The van der Waals surface area contributed by atoms with E-state index in [-0.39, 0.29) is 0 Å². The van der Waals surface area contributed by atoms with Gasteiger partial charge in [0.1, 0.15) is 0 Å². The number of nitrogens with zero attached hydrogens (tertiary/aromatic N) is 2. The fraction of sp³-hybridized carbons (Fsp3) is 0.286. The summed E-state index contributed by atoms with van der Waals surface area (Å²) < 4.78 is 4.79. The van der Waals surface area contributed by atoms with Crippen molar-refractivity contribution in [2.45, 2.75) is 6.92 Å². The van der Waals surface area contributed by atoms with Crippen LogP contribution in [-0.4, -0.2) is 32.2 Å². The fourth-order valence-electron chi connectivity index (χ4n) is 2.03. The number of aryl methyl sites for hydroxylation is 1. The van der Waals surface area contributed by atoms with Gasteiger partial charge < -0.3 is 9.64 Å². The summed E-state index contributed by atoms with van der Waals surface area (Å²) in [4.78, 5) is 18.2. The lowest BCUT2D eigenvalue weighted by Crippen LogP contribution is -2.11. The number of halogens is 1. The van der Waals surface area contributed by atoms with Crippen molar-refractivity contribution >= 4 is 34.2 Å². The Kier molecular flexibility index (Phi) is 3.62. The molecule has 5 heteroatoms. The van der Waals surface area contributed by atoms with Gasteiger partial charge in [-0.25, -0.2) is 4.79 Å². The molecule has 19 heavy (non-hydrogen) atoms. The Morgan fingerprint density at radius 1 is 1.32 bits per heavy atom. The summed E-state index contributed by atoms with van der Waals surface area (Å²) in [6, 6.07) is 5.35. The second-order valence-electron chi connectivity index (χ2n) is 4.52. The minimum absolute atomic E-state index is 0.386. The fourth-order valence-corrected chi connectivity index (χ4v) is 2.25. The van der Waals surface area contributed by atoms with Crippen LogP contribution in [0.1, 0.15) is 16.1 Å². The van der Waals surface area contributed by atoms with Gasteiger partial charge in [0.25, 0.3) is 0 Å². The molecule has 0 N–H and O–H groups in total. The predicted molar refractivity (Wildman–Crippen MR) is 77.2 cm³/mol. The first-order valence-electron chi connectivity index (χ1n) is 5.80. The molecule has 0 unspecified atom stereocenters. The molecule has 0 amide bonds. The summed E-state index contributed by atoms with van der Waals surface area (Å²) in [7, 11) is 5.22. The maximum atomic E-state index is 11.8. The third kappa shape index (κ3) is 2.49. The first-order chi connectivity index (χ1) is 8.93. The van der Waals surface area contributed by atoms with Crippen molar-refractivity contribution in [3.63, 3.8) is 0 Å². The molecular weight excluding hydrogens is 264 g/mol. The number of pyridine rings is 1. The number of ether oxygens (including phenoxy) is 1. The molecule has 0 bridgehead atoms. The summed E-state index contributed by atoms with van der Waals surface area (Å²) in [6.45, 7) is 1.89. The number of methoxy groups -OCH3 is 1. The van der Waals surface area contributed by atoms with Gasteiger partial charge in [0.15, 0.2) is 0 Å². The highest BCUT2D eigenvalue weighted by Crippen LogP contribution is 2.31. The van der Waals surface area contributed by atoms with Gasteiger partial charge in [-0.05, 0) is 25.1 Å². The van der Waals surface area contributed by atoms with Gasteiger partial charge in [-0.1, -0.05) is 11.6 Å². The average molecular weight is 279 g/mol. The molecule has 0 spiro atoms. The Hall–Kier alpha value is -1.81. The molecule has 0 aliphatic heterocycles. The van der Waals surface area contributed by atoms with Gasteiger partial charge in [0.05, 0.1) is 18.2 Å². The molecule has 0 aliphatic carbocycles. The predicted octanol–water partition coefficient (Wildman–Crippen LogP) is 3.05. The van der Waals surface area contributed by atoms with Gasteiger partial charge in [-0.15, -0.1) is 0 Å². The number of anilines is 1. The third-order valence-electron chi connectivity index (χ3n) is 2.87. The third-order valence-corrected chi connectivity index (χ3v) is 3.09. The van der Waals surface area contributed by atoms with Crippen LogP contribution in [0, 0.1) is 6.92 Å². The lowest BCUT2D eigenvalue weighted by molar-refractivity contribution is 0.0603. The van der Waals surface area contributed by atoms with E-state index in [9.17, 15) is 4.79 Å². The first-order valence-corrected chi connectivity index (χ1v) is 6.18. The topological polar surface area (TPSA) is 42.4 Å². The molecule has 0 radical (unpaired) electrons. The van der Waals surface area contributed by atoms with E-state index in [2.05, 4.69) is 4.98 Å². The molecule has 0 atom stereocenters. The first kappa shape index (κ1) is 13.6. The standard InChI is InChI=1S/C14H15ClN2O2/c1-8-5-12(17(2)3)10-6-9(15)7-11(13(10)16-8)14(18)19-4/h5-7H,1-4H3. The van der Waals surface area contributed by atoms with E-state index in [1.54, 1.807) is 6.07 Å². The van der Waals surface area contributed by atoms with Crippen LogP contribution in [0.4, 0.5) is 5.69 Å². The lowest BCUT2D eigenvalue weighted by atomic mass is 10.1. The van der Waals surface area contributed by atoms with Crippen LogP contribution in [-0.2, 0) is 4.74 Å². The Morgan fingerprint density at radius 3 is 2.58 bits per heavy atom. The Labute approximate surface area is 116 Å². The van der Waals surface area contributed by atoms with Crippen molar-refractivity contribution in [2.75, 3.05) is 26.1 Å².